The minimum absolute atomic E-state index is 0.419. The van der Waals surface area contributed by atoms with Gasteiger partial charge in [0.1, 0.15) is 0 Å². The number of benzene rings is 1. The fourth-order valence-corrected chi connectivity index (χ4v) is 1.63. The first-order chi connectivity index (χ1) is 7.31. The van der Waals surface area contributed by atoms with Gasteiger partial charge in [-0.1, -0.05) is 0 Å². The van der Waals surface area contributed by atoms with Crippen LogP contribution in [0.25, 0.3) is 0 Å². The van der Waals surface area contributed by atoms with Gasteiger partial charge < -0.3 is 9.47 Å². The van der Waals surface area contributed by atoms with Crippen LogP contribution in [0.4, 0.5) is 0 Å². The topological polar surface area (TPSA) is 42.2 Å². The van der Waals surface area contributed by atoms with Crippen LogP contribution in [-0.4, -0.2) is 13.2 Å². The summed E-state index contributed by atoms with van der Waals surface area (Å²) in [7, 11) is 0. The third kappa shape index (κ3) is 2.04. The van der Waals surface area contributed by atoms with Crippen molar-refractivity contribution in [3.8, 4) is 17.6 Å². The molecule has 0 radical (unpaired) electrons. The monoisotopic (exact) mass is 203 g/mol. The third-order valence-corrected chi connectivity index (χ3v) is 2.48. The first-order valence-electron chi connectivity index (χ1n) is 5.07. The van der Waals surface area contributed by atoms with E-state index in [1.807, 2.05) is 19.1 Å². The van der Waals surface area contributed by atoms with Gasteiger partial charge in [-0.15, -0.1) is 0 Å². The molecule has 2 rings (SSSR count). The summed E-state index contributed by atoms with van der Waals surface area (Å²) < 4.78 is 11.1. The van der Waals surface area contributed by atoms with E-state index in [2.05, 4.69) is 6.07 Å². The van der Waals surface area contributed by atoms with Crippen molar-refractivity contribution in [3.63, 3.8) is 0 Å². The highest BCUT2D eigenvalue weighted by Gasteiger charge is 2.12. The fourth-order valence-electron chi connectivity index (χ4n) is 1.63. The largest absolute Gasteiger partial charge is 0.490 e. The number of nitriles is 1. The highest BCUT2D eigenvalue weighted by molar-refractivity contribution is 5.48. The summed E-state index contributed by atoms with van der Waals surface area (Å²) in [5.74, 6) is 1.56. The molecule has 1 aliphatic heterocycles. The lowest BCUT2D eigenvalue weighted by Gasteiger charge is -2.10. The summed E-state index contributed by atoms with van der Waals surface area (Å²) in [4.78, 5) is 0. The number of rotatable bonds is 1. The van der Waals surface area contributed by atoms with E-state index in [1.165, 1.54) is 0 Å². The normalized spacial score (nSPS) is 14.1. The Morgan fingerprint density at radius 1 is 1.27 bits per heavy atom. The van der Waals surface area contributed by atoms with Gasteiger partial charge in [0, 0.05) is 6.42 Å². The Hall–Kier alpha value is -1.69. The van der Waals surface area contributed by atoms with Crippen LogP contribution >= 0.6 is 0 Å². The van der Waals surface area contributed by atoms with E-state index in [0.717, 1.165) is 29.0 Å². The molecule has 1 aromatic carbocycles. The Morgan fingerprint density at radius 2 is 1.93 bits per heavy atom. The second kappa shape index (κ2) is 4.22. The molecule has 0 bridgehead atoms. The summed E-state index contributed by atoms with van der Waals surface area (Å²) in [6.07, 6.45) is 1.32. The van der Waals surface area contributed by atoms with Crippen LogP contribution in [0.3, 0.4) is 0 Å². The molecule has 0 saturated carbocycles. The highest BCUT2D eigenvalue weighted by Crippen LogP contribution is 2.32. The van der Waals surface area contributed by atoms with Crippen molar-refractivity contribution in [1.29, 1.82) is 5.26 Å². The zero-order chi connectivity index (χ0) is 10.7. The summed E-state index contributed by atoms with van der Waals surface area (Å²) in [5.41, 5.74) is 2.10. The van der Waals surface area contributed by atoms with Crippen LogP contribution < -0.4 is 9.47 Å². The number of hydrogen-bond donors (Lipinski definition) is 0. The van der Waals surface area contributed by atoms with Crippen molar-refractivity contribution in [2.75, 3.05) is 13.2 Å². The standard InChI is InChI=1S/C12H13NO2/c1-9-7-11-12(8-10(9)3-4-13)15-6-2-5-14-11/h7-8H,2-3,5-6H2,1H3. The molecule has 0 fully saturated rings. The molecule has 0 aromatic heterocycles. The van der Waals surface area contributed by atoms with E-state index in [0.29, 0.717) is 19.6 Å². The first kappa shape index (κ1) is 9.85. The molecule has 1 aliphatic rings. The minimum atomic E-state index is 0.419. The lowest BCUT2D eigenvalue weighted by atomic mass is 10.1. The maximum atomic E-state index is 8.68. The molecule has 0 N–H and O–H groups in total. The van der Waals surface area contributed by atoms with Gasteiger partial charge in [-0.25, -0.2) is 0 Å². The van der Waals surface area contributed by atoms with E-state index in [-0.39, 0.29) is 0 Å². The van der Waals surface area contributed by atoms with E-state index >= 15 is 0 Å². The number of nitrogens with zero attached hydrogens (tertiary/aromatic N) is 1. The second-order valence-electron chi connectivity index (χ2n) is 3.61. The van der Waals surface area contributed by atoms with Crippen molar-refractivity contribution < 1.29 is 9.47 Å². The maximum Gasteiger partial charge on any atom is 0.161 e. The molecule has 1 heterocycles. The highest BCUT2D eigenvalue weighted by atomic mass is 16.5. The van der Waals surface area contributed by atoms with Gasteiger partial charge in [-0.2, -0.15) is 5.26 Å². The van der Waals surface area contributed by atoms with Gasteiger partial charge in [0.2, 0.25) is 0 Å². The van der Waals surface area contributed by atoms with Gasteiger partial charge in [0.25, 0.3) is 0 Å². The molecule has 78 valence electrons. The SMILES string of the molecule is Cc1cc2c(cc1CC#N)OCCCO2. The van der Waals surface area contributed by atoms with Crippen LogP contribution in [0, 0.1) is 18.3 Å². The van der Waals surface area contributed by atoms with Gasteiger partial charge in [0.05, 0.1) is 25.7 Å². The Balaban J connectivity index is 2.39. The van der Waals surface area contributed by atoms with Crippen LogP contribution in [0.1, 0.15) is 17.5 Å². The molecule has 0 saturated heterocycles. The molecule has 3 nitrogen and oxygen atoms in total. The van der Waals surface area contributed by atoms with Crippen molar-refractivity contribution >= 4 is 0 Å². The molecule has 0 spiro atoms. The zero-order valence-corrected chi connectivity index (χ0v) is 8.75. The first-order valence-corrected chi connectivity index (χ1v) is 5.07. The predicted octanol–water partition coefficient (Wildman–Crippen LogP) is 2.22. The predicted molar refractivity (Wildman–Crippen MR) is 56.1 cm³/mol. The van der Waals surface area contributed by atoms with Crippen molar-refractivity contribution in [3.05, 3.63) is 23.3 Å². The lowest BCUT2D eigenvalue weighted by molar-refractivity contribution is 0.297. The number of fused-ring (bicyclic) bond motifs is 1. The Bertz CT molecular complexity index is 407. The molecule has 15 heavy (non-hydrogen) atoms. The smallest absolute Gasteiger partial charge is 0.161 e. The summed E-state index contributed by atoms with van der Waals surface area (Å²) in [5, 5.41) is 8.68. The molecule has 0 amide bonds. The van der Waals surface area contributed by atoms with Gasteiger partial charge in [-0.3, -0.25) is 0 Å². The summed E-state index contributed by atoms with van der Waals surface area (Å²) in [6.45, 7) is 3.37. The van der Waals surface area contributed by atoms with E-state index < -0.39 is 0 Å². The summed E-state index contributed by atoms with van der Waals surface area (Å²) in [6, 6.07) is 6.02. The molecule has 3 heteroatoms. The quantitative estimate of drug-likeness (QED) is 0.702. The van der Waals surface area contributed by atoms with Crippen LogP contribution in [-0.2, 0) is 6.42 Å². The molecule has 1 aromatic rings. The summed E-state index contributed by atoms with van der Waals surface area (Å²) >= 11 is 0. The van der Waals surface area contributed by atoms with Gasteiger partial charge in [-0.05, 0) is 30.2 Å². The maximum absolute atomic E-state index is 8.68. The average molecular weight is 203 g/mol. The number of ether oxygens (including phenoxy) is 2. The molecular weight excluding hydrogens is 190 g/mol. The van der Waals surface area contributed by atoms with Crippen LogP contribution in [0.15, 0.2) is 12.1 Å². The lowest BCUT2D eigenvalue weighted by Crippen LogP contribution is -1.97. The average Bonchev–Trinajstić information content (AvgIpc) is 2.44. The second-order valence-corrected chi connectivity index (χ2v) is 3.61. The van der Waals surface area contributed by atoms with Crippen molar-refractivity contribution in [2.45, 2.75) is 19.8 Å². The van der Waals surface area contributed by atoms with Crippen molar-refractivity contribution in [1.82, 2.24) is 0 Å². The van der Waals surface area contributed by atoms with Crippen LogP contribution in [0.2, 0.25) is 0 Å². The van der Waals surface area contributed by atoms with Crippen molar-refractivity contribution in [2.24, 2.45) is 0 Å². The number of hydrogen-bond acceptors (Lipinski definition) is 3. The van der Waals surface area contributed by atoms with E-state index in [9.17, 15) is 0 Å². The Kier molecular flexibility index (Phi) is 2.77. The molecule has 0 unspecified atom stereocenters. The Labute approximate surface area is 89.2 Å². The molecular formula is C12H13NO2. The van der Waals surface area contributed by atoms with Gasteiger partial charge >= 0.3 is 0 Å². The van der Waals surface area contributed by atoms with Gasteiger partial charge in [0.15, 0.2) is 11.5 Å². The number of aryl methyl sites for hydroxylation is 1. The fraction of sp³-hybridized carbons (Fsp3) is 0.417. The zero-order valence-electron chi connectivity index (χ0n) is 8.75. The van der Waals surface area contributed by atoms with Crippen LogP contribution in [0.5, 0.6) is 11.5 Å². The third-order valence-electron chi connectivity index (χ3n) is 2.48. The Morgan fingerprint density at radius 3 is 2.60 bits per heavy atom. The van der Waals surface area contributed by atoms with E-state index in [1.54, 1.807) is 0 Å². The van der Waals surface area contributed by atoms with E-state index in [4.69, 9.17) is 14.7 Å². The molecule has 0 aliphatic carbocycles. The molecule has 0 atom stereocenters. The minimum Gasteiger partial charge on any atom is -0.490 e.